The number of H-pyrrole nitrogens is 1. The van der Waals surface area contributed by atoms with E-state index in [1.807, 2.05) is 12.1 Å². The lowest BCUT2D eigenvalue weighted by atomic mass is 9.96. The molecule has 0 saturated heterocycles. The van der Waals surface area contributed by atoms with Crippen molar-refractivity contribution in [2.45, 2.75) is 48.7 Å². The van der Waals surface area contributed by atoms with E-state index >= 15 is 0 Å². The van der Waals surface area contributed by atoms with Crippen LogP contribution in [-0.4, -0.2) is 18.7 Å². The number of halogens is 1. The molecule has 2 aromatic rings. The summed E-state index contributed by atoms with van der Waals surface area (Å²) in [6, 6.07) is 10.4. The fraction of sp³-hybridized carbons (Fsp3) is 0.381. The number of hydrogen-bond donors (Lipinski definition) is 1. The molecule has 0 unspecified atom stereocenters. The number of aromatic amines is 1. The predicted molar refractivity (Wildman–Crippen MR) is 108 cm³/mol. The molecule has 6 heteroatoms. The molecule has 2 aliphatic rings. The zero-order valence-corrected chi connectivity index (χ0v) is 16.5. The van der Waals surface area contributed by atoms with Gasteiger partial charge >= 0.3 is 0 Å². The van der Waals surface area contributed by atoms with Crippen LogP contribution in [0.25, 0.3) is 5.57 Å². The van der Waals surface area contributed by atoms with Crippen LogP contribution in [0.4, 0.5) is 0 Å². The maximum atomic E-state index is 12.4. The Morgan fingerprint density at radius 3 is 2.26 bits per heavy atom. The molecule has 1 aromatic heterocycles. The maximum Gasteiger partial charge on any atom is 0.267 e. The minimum absolute atomic E-state index is 0.157. The number of hydrogen-bond acceptors (Lipinski definition) is 3. The van der Waals surface area contributed by atoms with Gasteiger partial charge in [-0.1, -0.05) is 42.7 Å². The lowest BCUT2D eigenvalue weighted by Crippen LogP contribution is -2.10. The average molecular weight is 404 g/mol. The number of sulfone groups is 1. The Labute approximate surface area is 164 Å². The van der Waals surface area contributed by atoms with E-state index in [1.54, 1.807) is 24.3 Å². The van der Waals surface area contributed by atoms with E-state index in [-0.39, 0.29) is 15.8 Å². The molecule has 0 aliphatic heterocycles. The second-order valence-corrected chi connectivity index (χ2v) is 10.1. The molecule has 1 N–H and O–H groups in total. The van der Waals surface area contributed by atoms with E-state index < -0.39 is 9.84 Å². The van der Waals surface area contributed by atoms with Crippen molar-refractivity contribution in [2.75, 3.05) is 0 Å². The molecule has 0 amide bonds. The summed E-state index contributed by atoms with van der Waals surface area (Å²) in [7, 11) is -3.20. The van der Waals surface area contributed by atoms with E-state index in [0.717, 1.165) is 36.8 Å². The molecule has 142 valence electrons. The lowest BCUT2D eigenvalue weighted by molar-refractivity contribution is 0.595. The third kappa shape index (κ3) is 3.90. The molecular weight excluding hydrogens is 382 g/mol. The Morgan fingerprint density at radius 2 is 1.67 bits per heavy atom. The van der Waals surface area contributed by atoms with Gasteiger partial charge in [-0.2, -0.15) is 0 Å². The van der Waals surface area contributed by atoms with E-state index in [1.165, 1.54) is 12.8 Å². The molecule has 4 rings (SSSR count). The zero-order valence-electron chi connectivity index (χ0n) is 14.9. The van der Waals surface area contributed by atoms with Crippen molar-refractivity contribution in [3.63, 3.8) is 0 Å². The van der Waals surface area contributed by atoms with E-state index in [0.29, 0.717) is 16.5 Å². The molecule has 1 heterocycles. The summed E-state index contributed by atoms with van der Waals surface area (Å²) >= 11 is 5.88. The molecule has 27 heavy (non-hydrogen) atoms. The van der Waals surface area contributed by atoms with Gasteiger partial charge in [-0.25, -0.2) is 8.42 Å². The molecule has 2 saturated carbocycles. The minimum atomic E-state index is -3.20. The summed E-state index contributed by atoms with van der Waals surface area (Å²) in [5.41, 5.74) is 2.20. The highest BCUT2D eigenvalue weighted by Crippen LogP contribution is 2.35. The van der Waals surface area contributed by atoms with Gasteiger partial charge in [0.2, 0.25) is 0 Å². The van der Waals surface area contributed by atoms with Crippen molar-refractivity contribution < 1.29 is 8.42 Å². The van der Waals surface area contributed by atoms with Crippen LogP contribution in [0.1, 0.15) is 49.8 Å². The lowest BCUT2D eigenvalue weighted by Gasteiger charge is -2.13. The van der Waals surface area contributed by atoms with E-state index in [4.69, 9.17) is 11.6 Å². The fourth-order valence-corrected chi connectivity index (χ4v) is 5.48. The first-order chi connectivity index (χ1) is 12.9. The number of benzene rings is 1. The summed E-state index contributed by atoms with van der Waals surface area (Å²) in [5, 5.41) is -0.0608. The van der Waals surface area contributed by atoms with Gasteiger partial charge in [0.15, 0.2) is 9.84 Å². The minimum Gasteiger partial charge on any atom is -0.321 e. The van der Waals surface area contributed by atoms with Gasteiger partial charge in [-0.05, 0) is 61.4 Å². The molecule has 0 atom stereocenters. The second kappa shape index (κ2) is 7.28. The summed E-state index contributed by atoms with van der Waals surface area (Å²) in [6.07, 6.45) is 8.40. The molecule has 2 aliphatic carbocycles. The second-order valence-electron chi connectivity index (χ2n) is 7.44. The van der Waals surface area contributed by atoms with Crippen LogP contribution in [0.15, 0.2) is 52.2 Å². The van der Waals surface area contributed by atoms with Gasteiger partial charge in [-0.15, -0.1) is 0 Å². The normalized spacial score (nSPS) is 18.8. The number of allylic oxidation sites excluding steroid dienone is 1. The highest BCUT2D eigenvalue weighted by atomic mass is 35.5. The summed E-state index contributed by atoms with van der Waals surface area (Å²) < 4.78 is 24.9. The van der Waals surface area contributed by atoms with Gasteiger partial charge < -0.3 is 4.98 Å². The van der Waals surface area contributed by atoms with Crippen molar-refractivity contribution in [1.29, 1.82) is 0 Å². The SMILES string of the molecule is O=c1[nH]c(C(=CC2CCCC2)c2ccc(S(=O)(=O)C3CC3)cc2)ccc1Cl. The first kappa shape index (κ1) is 18.5. The van der Waals surface area contributed by atoms with Gasteiger partial charge in [0.1, 0.15) is 5.02 Å². The standard InChI is InChI=1S/C21H22ClNO3S/c22-19-11-12-20(23-21(19)24)18(13-14-3-1-2-4-14)15-5-7-16(8-6-15)27(25,26)17-9-10-17/h5-8,11-14,17H,1-4,9-10H2,(H,23,24). The maximum absolute atomic E-state index is 12.4. The van der Waals surface area contributed by atoms with Gasteiger partial charge in [0.05, 0.1) is 10.1 Å². The van der Waals surface area contributed by atoms with Crippen LogP contribution in [0.3, 0.4) is 0 Å². The molecule has 0 bridgehead atoms. The molecule has 4 nitrogen and oxygen atoms in total. The Hall–Kier alpha value is -1.85. The quantitative estimate of drug-likeness (QED) is 0.794. The van der Waals surface area contributed by atoms with Gasteiger partial charge in [-0.3, -0.25) is 4.79 Å². The highest BCUT2D eigenvalue weighted by molar-refractivity contribution is 7.92. The monoisotopic (exact) mass is 403 g/mol. The molecular formula is C21H22ClNO3S. The fourth-order valence-electron chi connectivity index (χ4n) is 3.71. The summed E-state index contributed by atoms with van der Waals surface area (Å²) in [5.74, 6) is 0.467. The Bertz CT molecular complexity index is 1030. The Morgan fingerprint density at radius 1 is 1.00 bits per heavy atom. The summed E-state index contributed by atoms with van der Waals surface area (Å²) in [4.78, 5) is 15.2. The van der Waals surface area contributed by atoms with Crippen molar-refractivity contribution in [2.24, 2.45) is 5.92 Å². The predicted octanol–water partition coefficient (Wildman–Crippen LogP) is 4.59. The Balaban J connectivity index is 1.74. The van der Waals surface area contributed by atoms with Crippen LogP contribution in [0, 0.1) is 5.92 Å². The van der Waals surface area contributed by atoms with E-state index in [2.05, 4.69) is 11.1 Å². The van der Waals surface area contributed by atoms with Crippen LogP contribution < -0.4 is 5.56 Å². The van der Waals surface area contributed by atoms with Crippen LogP contribution in [-0.2, 0) is 9.84 Å². The average Bonchev–Trinajstić information content (AvgIpc) is 3.41. The molecule has 1 aromatic carbocycles. The smallest absolute Gasteiger partial charge is 0.267 e. The van der Waals surface area contributed by atoms with Gasteiger partial charge in [0, 0.05) is 11.3 Å². The van der Waals surface area contributed by atoms with Crippen LogP contribution in [0.5, 0.6) is 0 Å². The molecule has 2 fully saturated rings. The van der Waals surface area contributed by atoms with Crippen molar-refractivity contribution in [3.05, 3.63) is 69.1 Å². The van der Waals surface area contributed by atoms with Crippen molar-refractivity contribution in [3.8, 4) is 0 Å². The third-order valence-electron chi connectivity index (χ3n) is 5.41. The van der Waals surface area contributed by atoms with Crippen molar-refractivity contribution in [1.82, 2.24) is 4.98 Å². The molecule has 0 spiro atoms. The van der Waals surface area contributed by atoms with Crippen LogP contribution >= 0.6 is 11.6 Å². The summed E-state index contributed by atoms with van der Waals surface area (Å²) in [6.45, 7) is 0. The van der Waals surface area contributed by atoms with Crippen molar-refractivity contribution >= 4 is 27.0 Å². The number of rotatable bonds is 5. The van der Waals surface area contributed by atoms with E-state index in [9.17, 15) is 13.2 Å². The van der Waals surface area contributed by atoms with Gasteiger partial charge in [0.25, 0.3) is 5.56 Å². The zero-order chi connectivity index (χ0) is 19.0. The molecule has 0 radical (unpaired) electrons. The number of aromatic nitrogens is 1. The Kier molecular flexibility index (Phi) is 4.99. The largest absolute Gasteiger partial charge is 0.321 e. The number of pyridine rings is 1. The first-order valence-corrected chi connectivity index (χ1v) is 11.3. The third-order valence-corrected chi connectivity index (χ3v) is 7.99. The number of nitrogens with one attached hydrogen (secondary N) is 1. The highest BCUT2D eigenvalue weighted by Gasteiger charge is 2.36. The van der Waals surface area contributed by atoms with Crippen LogP contribution in [0.2, 0.25) is 5.02 Å². The topological polar surface area (TPSA) is 67.0 Å². The first-order valence-electron chi connectivity index (χ1n) is 9.40.